The number of aryl methyl sites for hydroxylation is 1. The van der Waals surface area contributed by atoms with Crippen LogP contribution in [0.4, 0.5) is 0 Å². The van der Waals surface area contributed by atoms with Crippen LogP contribution in [0.2, 0.25) is 0 Å². The van der Waals surface area contributed by atoms with Crippen molar-refractivity contribution in [3.63, 3.8) is 0 Å². The Hall–Kier alpha value is -1.34. The first-order valence-electron chi connectivity index (χ1n) is 5.40. The van der Waals surface area contributed by atoms with E-state index in [1.807, 2.05) is 6.07 Å². The lowest BCUT2D eigenvalue weighted by atomic mass is 10.1. The highest BCUT2D eigenvalue weighted by Gasteiger charge is 2.10. The predicted molar refractivity (Wildman–Crippen MR) is 74.1 cm³/mol. The molecule has 0 aliphatic heterocycles. The fraction of sp³-hybridized carbons (Fsp3) is 0.250. The molecule has 19 heavy (non-hydrogen) atoms. The van der Waals surface area contributed by atoms with Crippen LogP contribution in [-0.4, -0.2) is 23.3 Å². The van der Waals surface area contributed by atoms with Crippen LogP contribution >= 0.6 is 27.7 Å². The zero-order valence-corrected chi connectivity index (χ0v) is 12.7. The Balaban J connectivity index is 2.07. The molecule has 0 saturated heterocycles. The highest BCUT2D eigenvalue weighted by atomic mass is 79.9. The van der Waals surface area contributed by atoms with E-state index in [0.717, 1.165) is 10.0 Å². The van der Waals surface area contributed by atoms with Gasteiger partial charge in [-0.25, -0.2) is 4.79 Å². The number of aromatic nitrogens is 2. The average Bonchev–Trinajstić information content (AvgIpc) is 2.82. The number of esters is 1. The Morgan fingerprint density at radius 1 is 1.47 bits per heavy atom. The van der Waals surface area contributed by atoms with E-state index in [0.29, 0.717) is 22.4 Å². The van der Waals surface area contributed by atoms with Gasteiger partial charge in [-0.1, -0.05) is 33.8 Å². The second-order valence-electron chi connectivity index (χ2n) is 3.67. The Labute approximate surface area is 122 Å². The molecule has 0 amide bonds. The number of halogens is 1. The molecule has 0 fully saturated rings. The van der Waals surface area contributed by atoms with Gasteiger partial charge in [0.05, 0.1) is 12.7 Å². The van der Waals surface area contributed by atoms with Crippen LogP contribution in [0.1, 0.15) is 21.8 Å². The van der Waals surface area contributed by atoms with E-state index < -0.39 is 0 Å². The summed E-state index contributed by atoms with van der Waals surface area (Å²) in [5, 5.41) is 8.19. The van der Waals surface area contributed by atoms with Crippen LogP contribution in [0, 0.1) is 6.92 Å². The van der Waals surface area contributed by atoms with Crippen LogP contribution in [0.25, 0.3) is 0 Å². The Bertz CT molecular complexity index is 600. The number of hydrogen-bond donors (Lipinski definition) is 0. The zero-order chi connectivity index (χ0) is 13.8. The minimum Gasteiger partial charge on any atom is -0.465 e. The van der Waals surface area contributed by atoms with Crippen molar-refractivity contribution < 1.29 is 13.9 Å². The first-order valence-corrected chi connectivity index (χ1v) is 7.17. The van der Waals surface area contributed by atoms with Gasteiger partial charge in [-0.15, -0.1) is 10.2 Å². The number of hydrogen-bond acceptors (Lipinski definition) is 6. The zero-order valence-electron chi connectivity index (χ0n) is 10.3. The van der Waals surface area contributed by atoms with Gasteiger partial charge < -0.3 is 9.15 Å². The maximum Gasteiger partial charge on any atom is 0.337 e. The molecule has 2 aromatic rings. The van der Waals surface area contributed by atoms with E-state index in [2.05, 4.69) is 30.9 Å². The minimum absolute atomic E-state index is 0.354. The van der Waals surface area contributed by atoms with Gasteiger partial charge in [0.15, 0.2) is 0 Å². The van der Waals surface area contributed by atoms with E-state index in [4.69, 9.17) is 4.42 Å². The maximum atomic E-state index is 11.4. The number of carbonyl (C=O) groups excluding carboxylic acids is 1. The molecule has 0 aliphatic rings. The predicted octanol–water partition coefficient (Wildman–Crippen LogP) is 3.22. The third-order valence-electron chi connectivity index (χ3n) is 2.33. The highest BCUT2D eigenvalue weighted by Crippen LogP contribution is 2.27. The molecule has 0 atom stereocenters. The normalized spacial score (nSPS) is 10.5. The van der Waals surface area contributed by atoms with Gasteiger partial charge >= 0.3 is 5.97 Å². The van der Waals surface area contributed by atoms with Crippen LogP contribution in [-0.2, 0) is 10.5 Å². The first kappa shape index (κ1) is 14.1. The molecule has 0 spiro atoms. The summed E-state index contributed by atoms with van der Waals surface area (Å²) in [6.45, 7) is 1.75. The molecule has 1 heterocycles. The van der Waals surface area contributed by atoms with Gasteiger partial charge in [-0.2, -0.15) is 0 Å². The topological polar surface area (TPSA) is 65.2 Å². The Kier molecular flexibility index (Phi) is 4.60. The lowest BCUT2D eigenvalue weighted by Gasteiger charge is -2.05. The quantitative estimate of drug-likeness (QED) is 0.627. The lowest BCUT2D eigenvalue weighted by molar-refractivity contribution is 0.0600. The van der Waals surface area contributed by atoms with Gasteiger partial charge in [-0.05, 0) is 17.7 Å². The number of methoxy groups -OCH3 is 1. The SMILES string of the molecule is COC(=O)c1ccc(CSc2nnc(C)o2)c(Br)c1. The largest absolute Gasteiger partial charge is 0.465 e. The van der Waals surface area contributed by atoms with E-state index >= 15 is 0 Å². The maximum absolute atomic E-state index is 11.4. The van der Waals surface area contributed by atoms with E-state index in [1.54, 1.807) is 19.1 Å². The lowest BCUT2D eigenvalue weighted by Crippen LogP contribution is -2.01. The molecule has 0 bridgehead atoms. The molecular weight excluding hydrogens is 332 g/mol. The van der Waals surface area contributed by atoms with Gasteiger partial charge in [0.1, 0.15) is 0 Å². The Morgan fingerprint density at radius 3 is 2.84 bits per heavy atom. The molecule has 100 valence electrons. The molecule has 1 aromatic heterocycles. The number of carbonyl (C=O) groups is 1. The van der Waals surface area contributed by atoms with Crippen molar-refractivity contribution in [1.82, 2.24) is 10.2 Å². The van der Waals surface area contributed by atoms with Crippen molar-refractivity contribution in [3.05, 3.63) is 39.7 Å². The van der Waals surface area contributed by atoms with E-state index in [1.165, 1.54) is 18.9 Å². The third-order valence-corrected chi connectivity index (χ3v) is 3.94. The molecule has 0 saturated carbocycles. The number of ether oxygens (including phenoxy) is 1. The summed E-state index contributed by atoms with van der Waals surface area (Å²) in [5.74, 6) is 0.860. The number of nitrogens with zero attached hydrogens (tertiary/aromatic N) is 2. The first-order chi connectivity index (χ1) is 9.10. The molecule has 0 N–H and O–H groups in total. The smallest absolute Gasteiger partial charge is 0.337 e. The summed E-state index contributed by atoms with van der Waals surface area (Å²) in [5.41, 5.74) is 1.55. The monoisotopic (exact) mass is 342 g/mol. The summed E-state index contributed by atoms with van der Waals surface area (Å²) >= 11 is 4.88. The minimum atomic E-state index is -0.354. The van der Waals surface area contributed by atoms with Crippen LogP contribution < -0.4 is 0 Å². The van der Waals surface area contributed by atoms with Crippen molar-refractivity contribution in [2.45, 2.75) is 17.9 Å². The summed E-state index contributed by atoms with van der Waals surface area (Å²) in [7, 11) is 1.36. The third kappa shape index (κ3) is 3.57. The van der Waals surface area contributed by atoms with Gasteiger partial charge in [0.2, 0.25) is 5.89 Å². The molecule has 1 aromatic carbocycles. The van der Waals surface area contributed by atoms with Crippen LogP contribution in [0.3, 0.4) is 0 Å². The summed E-state index contributed by atoms with van der Waals surface area (Å²) in [4.78, 5) is 11.4. The van der Waals surface area contributed by atoms with Crippen LogP contribution in [0.15, 0.2) is 32.3 Å². The second-order valence-corrected chi connectivity index (χ2v) is 5.45. The van der Waals surface area contributed by atoms with Crippen molar-refractivity contribution in [2.24, 2.45) is 0 Å². The standard InChI is InChI=1S/C12H11BrN2O3S/c1-7-14-15-12(18-7)19-6-9-4-3-8(5-10(9)13)11(16)17-2/h3-5H,6H2,1-2H3. The molecule has 2 rings (SSSR count). The number of thioether (sulfide) groups is 1. The van der Waals surface area contributed by atoms with Crippen molar-refractivity contribution in [3.8, 4) is 0 Å². The number of benzene rings is 1. The van der Waals surface area contributed by atoms with Gasteiger partial charge in [-0.3, -0.25) is 0 Å². The summed E-state index contributed by atoms with van der Waals surface area (Å²) in [6.07, 6.45) is 0. The van der Waals surface area contributed by atoms with Crippen LogP contribution in [0.5, 0.6) is 0 Å². The Morgan fingerprint density at radius 2 is 2.26 bits per heavy atom. The number of rotatable bonds is 4. The highest BCUT2D eigenvalue weighted by molar-refractivity contribution is 9.10. The van der Waals surface area contributed by atoms with E-state index in [-0.39, 0.29) is 5.97 Å². The summed E-state index contributed by atoms with van der Waals surface area (Å²) in [6, 6.07) is 5.33. The molecular formula is C12H11BrN2O3S. The second kappa shape index (κ2) is 6.21. The van der Waals surface area contributed by atoms with Gasteiger partial charge in [0.25, 0.3) is 5.22 Å². The average molecular weight is 343 g/mol. The molecule has 7 heteroatoms. The van der Waals surface area contributed by atoms with E-state index in [9.17, 15) is 4.79 Å². The summed E-state index contributed by atoms with van der Waals surface area (Å²) < 4.78 is 10.8. The fourth-order valence-electron chi connectivity index (χ4n) is 1.39. The van der Waals surface area contributed by atoms with Gasteiger partial charge in [0, 0.05) is 17.1 Å². The fourth-order valence-corrected chi connectivity index (χ4v) is 2.90. The van der Waals surface area contributed by atoms with Crippen molar-refractivity contribution >= 4 is 33.7 Å². The molecule has 0 aliphatic carbocycles. The molecule has 0 radical (unpaired) electrons. The van der Waals surface area contributed by atoms with Crippen molar-refractivity contribution in [2.75, 3.05) is 7.11 Å². The molecule has 5 nitrogen and oxygen atoms in total. The van der Waals surface area contributed by atoms with Crippen molar-refractivity contribution in [1.29, 1.82) is 0 Å². The molecule has 0 unspecified atom stereocenters.